The molecule has 0 saturated carbocycles. The molecule has 0 saturated heterocycles. The molecule has 0 fully saturated rings. The van der Waals surface area contributed by atoms with Gasteiger partial charge in [-0.25, -0.2) is 0 Å². The van der Waals surface area contributed by atoms with Gasteiger partial charge < -0.3 is 0 Å². The van der Waals surface area contributed by atoms with E-state index in [1.54, 1.807) is 6.07 Å². The maximum atomic E-state index is 11.1. The van der Waals surface area contributed by atoms with Gasteiger partial charge in [0.1, 0.15) is 0 Å². The van der Waals surface area contributed by atoms with E-state index in [9.17, 15) is 8.42 Å². The molecule has 0 spiro atoms. The molecule has 0 aliphatic carbocycles. The monoisotopic (exact) mass is 398 g/mol. The molecule has 3 aromatic carbocycles. The molecule has 0 radical (unpaired) electrons. The number of benzene rings is 3. The standard InChI is InChI=1S/C14H10O3S.Ba.2H/c15-18(16,17)12-7-8-14-11(9-12)6-5-10-3-1-2-4-13(10)14;;;/h1-9H,(H,15,16,17);;;. The third kappa shape index (κ3) is 2.90. The molecule has 0 amide bonds. The van der Waals surface area contributed by atoms with E-state index in [-0.39, 0.29) is 53.8 Å². The third-order valence-electron chi connectivity index (χ3n) is 3.01. The zero-order chi connectivity index (χ0) is 12.8. The fraction of sp³-hybridized carbons (Fsp3) is 0. The van der Waals surface area contributed by atoms with Crippen LogP contribution in [0.1, 0.15) is 0 Å². The average Bonchev–Trinajstić information content (AvgIpc) is 2.37. The minimum absolute atomic E-state index is 0. The van der Waals surface area contributed by atoms with Crippen LogP contribution >= 0.6 is 0 Å². The second kappa shape index (κ2) is 5.57. The molecule has 94 valence electrons. The first-order chi connectivity index (χ1) is 8.55. The van der Waals surface area contributed by atoms with Gasteiger partial charge >= 0.3 is 48.9 Å². The summed E-state index contributed by atoms with van der Waals surface area (Å²) in [6.45, 7) is 0. The summed E-state index contributed by atoms with van der Waals surface area (Å²) in [5.41, 5.74) is 0. The first kappa shape index (κ1) is 15.1. The topological polar surface area (TPSA) is 54.4 Å². The van der Waals surface area contributed by atoms with Crippen molar-refractivity contribution in [2.45, 2.75) is 4.90 Å². The van der Waals surface area contributed by atoms with E-state index in [2.05, 4.69) is 0 Å². The molecule has 5 heteroatoms. The van der Waals surface area contributed by atoms with Crippen LogP contribution in [0.25, 0.3) is 21.5 Å². The van der Waals surface area contributed by atoms with Crippen LogP contribution in [0.3, 0.4) is 0 Å². The molecule has 0 bridgehead atoms. The van der Waals surface area contributed by atoms with Crippen molar-refractivity contribution in [1.29, 1.82) is 0 Å². The first-order valence-electron chi connectivity index (χ1n) is 5.45. The van der Waals surface area contributed by atoms with Crippen molar-refractivity contribution in [3.63, 3.8) is 0 Å². The minimum atomic E-state index is -4.15. The summed E-state index contributed by atoms with van der Waals surface area (Å²) in [5, 5.41) is 3.94. The normalized spacial score (nSPS) is 11.4. The Morgan fingerprint density at radius 3 is 2.16 bits per heavy atom. The molecule has 0 aliphatic rings. The zero-order valence-electron chi connectivity index (χ0n) is 9.37. The molecule has 0 aromatic heterocycles. The Balaban J connectivity index is 0.00000133. The van der Waals surface area contributed by atoms with E-state index in [1.807, 2.05) is 36.4 Å². The van der Waals surface area contributed by atoms with Gasteiger partial charge in [0.2, 0.25) is 0 Å². The van der Waals surface area contributed by atoms with Gasteiger partial charge in [0.25, 0.3) is 10.1 Å². The summed E-state index contributed by atoms with van der Waals surface area (Å²) in [6.07, 6.45) is 0. The van der Waals surface area contributed by atoms with Crippen molar-refractivity contribution in [2.24, 2.45) is 0 Å². The molecule has 1 N–H and O–H groups in total. The Morgan fingerprint density at radius 1 is 0.789 bits per heavy atom. The maximum absolute atomic E-state index is 11.1. The summed E-state index contributed by atoms with van der Waals surface area (Å²) in [6, 6.07) is 16.3. The van der Waals surface area contributed by atoms with Gasteiger partial charge in [0.15, 0.2) is 0 Å². The molecule has 0 atom stereocenters. The van der Waals surface area contributed by atoms with Crippen molar-refractivity contribution >= 4 is 80.5 Å². The van der Waals surface area contributed by atoms with E-state index in [1.165, 1.54) is 12.1 Å². The Morgan fingerprint density at radius 2 is 1.42 bits per heavy atom. The summed E-state index contributed by atoms with van der Waals surface area (Å²) < 4.78 is 31.2. The van der Waals surface area contributed by atoms with Crippen LogP contribution in [0.2, 0.25) is 0 Å². The van der Waals surface area contributed by atoms with Gasteiger partial charge in [-0.15, -0.1) is 0 Å². The average molecular weight is 398 g/mol. The fourth-order valence-corrected chi connectivity index (χ4v) is 2.67. The van der Waals surface area contributed by atoms with Crippen LogP contribution in [-0.4, -0.2) is 61.9 Å². The predicted octanol–water partition coefficient (Wildman–Crippen LogP) is 2.32. The van der Waals surface area contributed by atoms with Gasteiger partial charge in [-0.2, -0.15) is 8.42 Å². The number of fused-ring (bicyclic) bond motifs is 3. The molecule has 0 heterocycles. The Bertz CT molecular complexity index is 857. The second-order valence-electron chi connectivity index (χ2n) is 4.14. The van der Waals surface area contributed by atoms with Gasteiger partial charge in [-0.3, -0.25) is 4.55 Å². The molecule has 3 rings (SSSR count). The summed E-state index contributed by atoms with van der Waals surface area (Å²) in [4.78, 5) is -0.0784. The Hall–Kier alpha value is -0.339. The summed E-state index contributed by atoms with van der Waals surface area (Å²) in [5.74, 6) is 0. The quantitative estimate of drug-likeness (QED) is 0.389. The molecular weight excluding hydrogens is 386 g/mol. The molecule has 3 nitrogen and oxygen atoms in total. The van der Waals surface area contributed by atoms with Gasteiger partial charge in [0.05, 0.1) is 4.90 Å². The van der Waals surface area contributed by atoms with Crippen molar-refractivity contribution in [3.8, 4) is 0 Å². The molecule has 0 unspecified atom stereocenters. The second-order valence-corrected chi connectivity index (χ2v) is 5.57. The molecular formula is C14H12BaO3S. The number of rotatable bonds is 1. The summed E-state index contributed by atoms with van der Waals surface area (Å²) >= 11 is 0. The van der Waals surface area contributed by atoms with E-state index in [0.717, 1.165) is 21.5 Å². The Labute approximate surface area is 151 Å². The van der Waals surface area contributed by atoms with Gasteiger partial charge in [-0.05, 0) is 33.7 Å². The molecule has 3 aromatic rings. The van der Waals surface area contributed by atoms with Crippen molar-refractivity contribution in [1.82, 2.24) is 0 Å². The van der Waals surface area contributed by atoms with E-state index >= 15 is 0 Å². The van der Waals surface area contributed by atoms with Crippen LogP contribution in [0.15, 0.2) is 59.5 Å². The number of hydrogen-bond donors (Lipinski definition) is 1. The predicted molar refractivity (Wildman–Crippen MR) is 79.8 cm³/mol. The SMILES string of the molecule is O=S(=O)(O)c1ccc2c(ccc3ccccc32)c1.[BaH2]. The Kier molecular flexibility index (Phi) is 4.42. The fourth-order valence-electron chi connectivity index (χ4n) is 2.15. The van der Waals surface area contributed by atoms with E-state index in [0.29, 0.717) is 0 Å². The van der Waals surface area contributed by atoms with Crippen LogP contribution in [-0.2, 0) is 10.1 Å². The summed E-state index contributed by atoms with van der Waals surface area (Å²) in [7, 11) is -4.15. The zero-order valence-corrected chi connectivity index (χ0v) is 10.2. The van der Waals surface area contributed by atoms with Gasteiger partial charge in [0, 0.05) is 0 Å². The van der Waals surface area contributed by atoms with Crippen LogP contribution < -0.4 is 0 Å². The number of hydrogen-bond acceptors (Lipinski definition) is 2. The van der Waals surface area contributed by atoms with Crippen LogP contribution in [0.5, 0.6) is 0 Å². The molecule has 0 aliphatic heterocycles. The van der Waals surface area contributed by atoms with Gasteiger partial charge in [-0.1, -0.05) is 42.5 Å². The van der Waals surface area contributed by atoms with E-state index in [4.69, 9.17) is 4.55 Å². The van der Waals surface area contributed by atoms with Crippen molar-refractivity contribution < 1.29 is 13.0 Å². The third-order valence-corrected chi connectivity index (χ3v) is 3.86. The van der Waals surface area contributed by atoms with Crippen LogP contribution in [0, 0.1) is 0 Å². The van der Waals surface area contributed by atoms with Crippen molar-refractivity contribution in [2.75, 3.05) is 0 Å². The first-order valence-corrected chi connectivity index (χ1v) is 6.89. The van der Waals surface area contributed by atoms with Crippen LogP contribution in [0.4, 0.5) is 0 Å². The molecule has 19 heavy (non-hydrogen) atoms. The van der Waals surface area contributed by atoms with Crippen molar-refractivity contribution in [3.05, 3.63) is 54.6 Å². The van der Waals surface area contributed by atoms with E-state index < -0.39 is 10.1 Å².